The second-order valence-electron chi connectivity index (χ2n) is 0.956. The van der Waals surface area contributed by atoms with Crippen molar-refractivity contribution >= 4 is 12.4 Å². The Morgan fingerprint density at radius 1 is 1.62 bits per heavy atom. The highest BCUT2D eigenvalue weighted by atomic mass is 16.4. The first-order valence-electron chi connectivity index (χ1n) is 1.86. The van der Waals surface area contributed by atoms with Crippen molar-refractivity contribution in [2.45, 2.75) is 0 Å². The van der Waals surface area contributed by atoms with Gasteiger partial charge in [-0.2, -0.15) is 0 Å². The highest BCUT2D eigenvalue weighted by Crippen LogP contribution is 1.63. The number of carboxylic acid groups (broad SMARTS) is 1. The summed E-state index contributed by atoms with van der Waals surface area (Å²) in [6.45, 7) is 0. The fourth-order valence-corrected chi connectivity index (χ4v) is 0.159. The normalized spacial score (nSPS) is 9.00. The molecule has 0 saturated carbocycles. The number of nitrogens with one attached hydrogen (secondary N) is 1. The van der Waals surface area contributed by atoms with E-state index in [0.29, 0.717) is 6.41 Å². The highest BCUT2D eigenvalue weighted by Gasteiger charge is 1.80. The Kier molecular flexibility index (Phi) is 3.22. The van der Waals surface area contributed by atoms with Crippen LogP contribution in [0.15, 0.2) is 12.3 Å². The summed E-state index contributed by atoms with van der Waals surface area (Å²) >= 11 is 0. The summed E-state index contributed by atoms with van der Waals surface area (Å²) in [5.74, 6) is -1.08. The van der Waals surface area contributed by atoms with E-state index >= 15 is 0 Å². The molecule has 0 aliphatic heterocycles. The van der Waals surface area contributed by atoms with E-state index in [1.807, 2.05) is 5.32 Å². The van der Waals surface area contributed by atoms with Gasteiger partial charge in [0, 0.05) is 12.3 Å². The third kappa shape index (κ3) is 4.68. The SMILES string of the molecule is O=CN/C=C/C(=O)O. The lowest BCUT2D eigenvalue weighted by Gasteiger charge is -1.78. The molecule has 44 valence electrons. The molecular weight excluding hydrogens is 110 g/mol. The molecule has 0 radical (unpaired) electrons. The highest BCUT2D eigenvalue weighted by molar-refractivity contribution is 5.79. The van der Waals surface area contributed by atoms with Crippen molar-refractivity contribution in [2.24, 2.45) is 0 Å². The second kappa shape index (κ2) is 3.86. The zero-order valence-corrected chi connectivity index (χ0v) is 4.00. The van der Waals surface area contributed by atoms with Crippen molar-refractivity contribution in [3.63, 3.8) is 0 Å². The van der Waals surface area contributed by atoms with Gasteiger partial charge in [-0.25, -0.2) is 4.79 Å². The van der Waals surface area contributed by atoms with Crippen LogP contribution in [0.25, 0.3) is 0 Å². The van der Waals surface area contributed by atoms with Crippen LogP contribution in [-0.4, -0.2) is 17.5 Å². The zero-order chi connectivity index (χ0) is 6.41. The number of hydrogen-bond donors (Lipinski definition) is 2. The second-order valence-corrected chi connectivity index (χ2v) is 0.956. The Balaban J connectivity index is 3.34. The molecule has 4 nitrogen and oxygen atoms in total. The first kappa shape index (κ1) is 6.68. The molecule has 4 heteroatoms. The number of carbonyl (C=O) groups is 2. The van der Waals surface area contributed by atoms with Crippen molar-refractivity contribution in [1.82, 2.24) is 5.32 Å². The Labute approximate surface area is 45.8 Å². The molecule has 0 aliphatic carbocycles. The molecule has 1 amide bonds. The van der Waals surface area contributed by atoms with Crippen molar-refractivity contribution in [2.75, 3.05) is 0 Å². The Morgan fingerprint density at radius 2 is 2.25 bits per heavy atom. The summed E-state index contributed by atoms with van der Waals surface area (Å²) in [6, 6.07) is 0. The molecular formula is C4H5NO3. The number of hydrogen-bond acceptors (Lipinski definition) is 2. The fraction of sp³-hybridized carbons (Fsp3) is 0. The smallest absolute Gasteiger partial charge is 0.329 e. The van der Waals surface area contributed by atoms with Gasteiger partial charge in [0.25, 0.3) is 0 Å². The first-order valence-corrected chi connectivity index (χ1v) is 1.86. The van der Waals surface area contributed by atoms with E-state index in [1.165, 1.54) is 0 Å². The lowest BCUT2D eigenvalue weighted by Crippen LogP contribution is -2.00. The van der Waals surface area contributed by atoms with E-state index in [0.717, 1.165) is 12.3 Å². The van der Waals surface area contributed by atoms with Gasteiger partial charge >= 0.3 is 5.97 Å². The molecule has 0 spiro atoms. The third-order valence-electron chi connectivity index (χ3n) is 0.390. The molecule has 0 fully saturated rings. The maximum absolute atomic E-state index is 9.63. The van der Waals surface area contributed by atoms with E-state index in [4.69, 9.17) is 5.11 Å². The van der Waals surface area contributed by atoms with Crippen LogP contribution < -0.4 is 5.32 Å². The molecule has 0 unspecified atom stereocenters. The predicted molar refractivity (Wildman–Crippen MR) is 26.0 cm³/mol. The van der Waals surface area contributed by atoms with Crippen molar-refractivity contribution < 1.29 is 14.7 Å². The summed E-state index contributed by atoms with van der Waals surface area (Å²) in [5, 5.41) is 9.94. The minimum atomic E-state index is -1.08. The Morgan fingerprint density at radius 3 is 2.62 bits per heavy atom. The van der Waals surface area contributed by atoms with Gasteiger partial charge in [-0.15, -0.1) is 0 Å². The topological polar surface area (TPSA) is 66.4 Å². The van der Waals surface area contributed by atoms with Crippen LogP contribution >= 0.6 is 0 Å². The number of aliphatic carboxylic acids is 1. The van der Waals surface area contributed by atoms with Crippen LogP contribution in [0.3, 0.4) is 0 Å². The van der Waals surface area contributed by atoms with Gasteiger partial charge in [0.1, 0.15) is 0 Å². The van der Waals surface area contributed by atoms with Gasteiger partial charge < -0.3 is 10.4 Å². The quantitative estimate of drug-likeness (QED) is 0.378. The standard InChI is InChI=1S/C4H5NO3/c6-3-5-2-1-4(7)8/h1-3H,(H,5,6)(H,7,8)/b2-1+. The molecule has 2 N–H and O–H groups in total. The van der Waals surface area contributed by atoms with E-state index in [2.05, 4.69) is 0 Å². The summed E-state index contributed by atoms with van der Waals surface area (Å²) in [6.07, 6.45) is 2.25. The third-order valence-corrected chi connectivity index (χ3v) is 0.390. The van der Waals surface area contributed by atoms with Crippen molar-refractivity contribution in [3.8, 4) is 0 Å². The molecule has 0 aliphatic rings. The summed E-state index contributed by atoms with van der Waals surface area (Å²) in [5.41, 5.74) is 0. The first-order chi connectivity index (χ1) is 3.77. The number of carboxylic acids is 1. The molecule has 0 atom stereocenters. The minimum Gasteiger partial charge on any atom is -0.478 e. The number of carbonyl (C=O) groups excluding carboxylic acids is 1. The largest absolute Gasteiger partial charge is 0.478 e. The van der Waals surface area contributed by atoms with Crippen LogP contribution in [0.1, 0.15) is 0 Å². The Hall–Kier alpha value is -1.32. The lowest BCUT2D eigenvalue weighted by atomic mass is 10.6. The van der Waals surface area contributed by atoms with E-state index in [9.17, 15) is 9.59 Å². The van der Waals surface area contributed by atoms with Crippen molar-refractivity contribution in [3.05, 3.63) is 12.3 Å². The average Bonchev–Trinajstić information content (AvgIpc) is 1.66. The van der Waals surface area contributed by atoms with Gasteiger partial charge in [0.05, 0.1) is 0 Å². The van der Waals surface area contributed by atoms with Crippen LogP contribution in [0, 0.1) is 0 Å². The van der Waals surface area contributed by atoms with E-state index < -0.39 is 5.97 Å². The summed E-state index contributed by atoms with van der Waals surface area (Å²) in [7, 11) is 0. The maximum atomic E-state index is 9.63. The van der Waals surface area contributed by atoms with Crippen LogP contribution in [0.2, 0.25) is 0 Å². The van der Waals surface area contributed by atoms with Gasteiger partial charge in [0.2, 0.25) is 6.41 Å². The molecule has 0 aromatic carbocycles. The van der Waals surface area contributed by atoms with Crippen LogP contribution in [0.4, 0.5) is 0 Å². The molecule has 0 bridgehead atoms. The van der Waals surface area contributed by atoms with Gasteiger partial charge in [-0.3, -0.25) is 4.79 Å². The molecule has 0 aromatic heterocycles. The molecule has 0 aromatic rings. The molecule has 0 saturated heterocycles. The Bertz CT molecular complexity index is 118. The number of amides is 1. The van der Waals surface area contributed by atoms with Crippen LogP contribution in [-0.2, 0) is 9.59 Å². The molecule has 8 heavy (non-hydrogen) atoms. The minimum absolute atomic E-state index is 0.388. The van der Waals surface area contributed by atoms with Gasteiger partial charge in [0.15, 0.2) is 0 Å². The van der Waals surface area contributed by atoms with E-state index in [-0.39, 0.29) is 0 Å². The zero-order valence-electron chi connectivity index (χ0n) is 4.00. The average molecular weight is 115 g/mol. The lowest BCUT2D eigenvalue weighted by molar-refractivity contribution is -0.131. The predicted octanol–water partition coefficient (Wildman–Crippen LogP) is -0.669. The summed E-state index contributed by atoms with van der Waals surface area (Å²) < 4.78 is 0. The van der Waals surface area contributed by atoms with Gasteiger partial charge in [-0.1, -0.05) is 0 Å². The molecule has 0 heterocycles. The van der Waals surface area contributed by atoms with E-state index in [1.54, 1.807) is 0 Å². The van der Waals surface area contributed by atoms with Gasteiger partial charge in [-0.05, 0) is 0 Å². The fourth-order valence-electron chi connectivity index (χ4n) is 0.159. The monoisotopic (exact) mass is 115 g/mol. The van der Waals surface area contributed by atoms with Crippen LogP contribution in [0.5, 0.6) is 0 Å². The molecule has 0 rings (SSSR count). The number of rotatable bonds is 3. The van der Waals surface area contributed by atoms with Crippen molar-refractivity contribution in [1.29, 1.82) is 0 Å². The maximum Gasteiger partial charge on any atom is 0.329 e. The summed E-state index contributed by atoms with van der Waals surface area (Å²) in [4.78, 5) is 19.1.